The molecule has 41 heavy (non-hydrogen) atoms. The zero-order valence-corrected chi connectivity index (χ0v) is 26.5. The number of nitrogens with one attached hydrogen (secondary N) is 2. The molecule has 1 aromatic heterocycles. The summed E-state index contributed by atoms with van der Waals surface area (Å²) in [6.45, 7) is 10.3. The van der Waals surface area contributed by atoms with Crippen LogP contribution in [-0.2, 0) is 14.8 Å². The molecule has 0 atom stereocenters. The summed E-state index contributed by atoms with van der Waals surface area (Å²) < 4.78 is 28.6. The number of carbonyl (C=O) groups is 2. The number of amides is 1. The lowest BCUT2D eigenvalue weighted by molar-refractivity contribution is -0.122. The Kier molecular flexibility index (Phi) is 13.1. The van der Waals surface area contributed by atoms with Crippen molar-refractivity contribution in [2.45, 2.75) is 38.6 Å². The number of hydrogen-bond donors (Lipinski definition) is 3. The van der Waals surface area contributed by atoms with Gasteiger partial charge >= 0.3 is 5.97 Å². The van der Waals surface area contributed by atoms with Crippen molar-refractivity contribution in [1.29, 1.82) is 0 Å². The molecule has 1 aliphatic heterocycles. The van der Waals surface area contributed by atoms with Gasteiger partial charge in [-0.3, -0.25) is 14.4 Å². The molecule has 3 aromatic rings. The Hall–Kier alpha value is -2.83. The molecule has 3 N–H and O–H groups in total. The summed E-state index contributed by atoms with van der Waals surface area (Å²) in [5.41, 5.74) is 2.32. The number of sulfonamides is 1. The van der Waals surface area contributed by atoms with Crippen molar-refractivity contribution < 1.29 is 23.1 Å². The molecule has 2 aromatic carbocycles. The van der Waals surface area contributed by atoms with Crippen LogP contribution in [0.2, 0.25) is 0 Å². The maximum absolute atomic E-state index is 13.0. The minimum absolute atomic E-state index is 0. The largest absolute Gasteiger partial charge is 0.478 e. The van der Waals surface area contributed by atoms with E-state index in [2.05, 4.69) is 19.9 Å². The van der Waals surface area contributed by atoms with E-state index >= 15 is 0 Å². The molecule has 0 bridgehead atoms. The highest BCUT2D eigenvalue weighted by Crippen LogP contribution is 2.28. The fourth-order valence-corrected chi connectivity index (χ4v) is 5.91. The van der Waals surface area contributed by atoms with Crippen LogP contribution in [0.5, 0.6) is 0 Å². The minimum atomic E-state index is -3.87. The van der Waals surface area contributed by atoms with Gasteiger partial charge in [-0.25, -0.2) is 18.2 Å². The average molecular weight is 649 g/mol. The Labute approximate surface area is 259 Å². The summed E-state index contributed by atoms with van der Waals surface area (Å²) >= 11 is 0. The first-order chi connectivity index (χ1) is 17.9. The second kappa shape index (κ2) is 14.9. The number of aryl methyl sites for hydroxylation is 2. The zero-order chi connectivity index (χ0) is 27.6. The Morgan fingerprint density at radius 2 is 1.63 bits per heavy atom. The first kappa shape index (κ1) is 36.2. The van der Waals surface area contributed by atoms with E-state index in [0.29, 0.717) is 55.0 Å². The molecular weight excluding hydrogens is 613 g/mol. The van der Waals surface area contributed by atoms with Crippen LogP contribution in [0.3, 0.4) is 0 Å². The molecule has 0 radical (unpaired) electrons. The number of benzene rings is 2. The van der Waals surface area contributed by atoms with Crippen molar-refractivity contribution in [3.8, 4) is 0 Å². The first-order valence-corrected chi connectivity index (χ1v) is 14.0. The maximum atomic E-state index is 13.0. The molecule has 1 fully saturated rings. The van der Waals surface area contributed by atoms with Crippen LogP contribution in [0.15, 0.2) is 47.4 Å². The topological polar surface area (TPSA) is 132 Å². The van der Waals surface area contributed by atoms with Crippen molar-refractivity contribution >= 4 is 81.5 Å². The quantitative estimate of drug-likeness (QED) is 0.330. The third-order valence-electron chi connectivity index (χ3n) is 6.41. The third kappa shape index (κ3) is 8.83. The van der Waals surface area contributed by atoms with E-state index in [-0.39, 0.29) is 65.3 Å². The summed E-state index contributed by atoms with van der Waals surface area (Å²) in [5, 5.41) is 13.2. The molecule has 1 aliphatic rings. The highest BCUT2D eigenvalue weighted by molar-refractivity contribution is 7.92. The van der Waals surface area contributed by atoms with Crippen molar-refractivity contribution in [3.63, 3.8) is 0 Å². The van der Waals surface area contributed by atoms with Crippen molar-refractivity contribution in [2.24, 2.45) is 0 Å². The summed E-state index contributed by atoms with van der Waals surface area (Å²) in [6.07, 6.45) is 0. The van der Waals surface area contributed by atoms with E-state index in [9.17, 15) is 23.1 Å². The Morgan fingerprint density at radius 3 is 2.22 bits per heavy atom. The monoisotopic (exact) mass is 647 g/mol. The van der Waals surface area contributed by atoms with Gasteiger partial charge in [0.2, 0.25) is 5.91 Å². The van der Waals surface area contributed by atoms with Gasteiger partial charge in [0.05, 0.1) is 22.5 Å². The summed E-state index contributed by atoms with van der Waals surface area (Å²) in [7, 11) is -3.87. The number of aromatic carboxylic acids is 1. The number of pyridine rings is 1. The number of carbonyl (C=O) groups excluding carboxylic acids is 1. The Bertz CT molecular complexity index is 1500. The number of fused-ring (bicyclic) bond motifs is 1. The van der Waals surface area contributed by atoms with Gasteiger partial charge < -0.3 is 15.3 Å². The molecule has 4 rings (SSSR count). The summed E-state index contributed by atoms with van der Waals surface area (Å²) in [4.78, 5) is 33.1. The van der Waals surface area contributed by atoms with E-state index in [1.165, 1.54) is 12.1 Å². The Balaban J connectivity index is 0.00000280. The fourth-order valence-electron chi connectivity index (χ4n) is 4.63. The van der Waals surface area contributed by atoms with Gasteiger partial charge in [-0.15, -0.1) is 37.2 Å². The van der Waals surface area contributed by atoms with Gasteiger partial charge in [-0.05, 0) is 63.6 Å². The molecule has 14 heteroatoms. The number of aromatic nitrogens is 1. The molecule has 0 unspecified atom stereocenters. The lowest BCUT2D eigenvalue weighted by atomic mass is 10.1. The zero-order valence-electron chi connectivity index (χ0n) is 23.2. The molecule has 2 heterocycles. The molecular formula is C27H36Cl3N5O5S. The molecule has 0 spiro atoms. The second-order valence-corrected chi connectivity index (χ2v) is 11.6. The molecule has 226 valence electrons. The van der Waals surface area contributed by atoms with E-state index in [0.717, 1.165) is 5.56 Å². The number of anilines is 2. The molecule has 1 saturated heterocycles. The molecule has 1 amide bonds. The number of halogens is 3. The lowest BCUT2D eigenvalue weighted by Gasteiger charge is -2.35. The van der Waals surface area contributed by atoms with Crippen LogP contribution >= 0.6 is 37.2 Å². The lowest BCUT2D eigenvalue weighted by Crippen LogP contribution is -2.50. The SMILES string of the molecule is Cc1ccc(S(=O)(=O)Nc2ccc3nc(N4CCN(CC(=O)NC(C)C)CC4)cc(C(=O)O)c3c2)c(C)c1.Cl.Cl.Cl. The molecule has 0 aliphatic carbocycles. The highest BCUT2D eigenvalue weighted by Gasteiger charge is 2.23. The van der Waals surface area contributed by atoms with Gasteiger partial charge in [0.1, 0.15) is 5.82 Å². The molecule has 0 saturated carbocycles. The number of carboxylic acids is 1. The first-order valence-electron chi connectivity index (χ1n) is 12.5. The van der Waals surface area contributed by atoms with Crippen LogP contribution in [0.25, 0.3) is 10.9 Å². The summed E-state index contributed by atoms with van der Waals surface area (Å²) in [5.74, 6) is -0.615. The van der Waals surface area contributed by atoms with Crippen LogP contribution < -0.4 is 14.9 Å². The fraction of sp³-hybridized carbons (Fsp3) is 0.370. The van der Waals surface area contributed by atoms with Gasteiger partial charge in [0.25, 0.3) is 10.0 Å². The van der Waals surface area contributed by atoms with Gasteiger partial charge in [0, 0.05) is 43.3 Å². The van der Waals surface area contributed by atoms with E-state index in [1.807, 2.05) is 25.7 Å². The number of nitrogens with zero attached hydrogens (tertiary/aromatic N) is 3. The van der Waals surface area contributed by atoms with E-state index in [4.69, 9.17) is 0 Å². The van der Waals surface area contributed by atoms with Crippen LogP contribution in [0.1, 0.15) is 35.3 Å². The van der Waals surface area contributed by atoms with Crippen LogP contribution in [-0.4, -0.2) is 74.1 Å². The minimum Gasteiger partial charge on any atom is -0.478 e. The van der Waals surface area contributed by atoms with Crippen molar-refractivity contribution in [3.05, 3.63) is 59.2 Å². The smallest absolute Gasteiger partial charge is 0.336 e. The number of carboxylic acid groups (broad SMARTS) is 1. The second-order valence-electron chi connectivity index (χ2n) is 9.92. The predicted molar refractivity (Wildman–Crippen MR) is 169 cm³/mol. The number of piperazine rings is 1. The Morgan fingerprint density at radius 1 is 0.976 bits per heavy atom. The number of rotatable bonds is 8. The van der Waals surface area contributed by atoms with E-state index in [1.54, 1.807) is 37.3 Å². The standard InChI is InChI=1S/C27H33N5O5S.3ClH/c1-17(2)28-26(33)16-31-9-11-32(12-10-31)25-15-22(27(34)35)21-14-20(6-7-23(21)29-25)30-38(36,37)24-8-5-18(3)13-19(24)4;;;/h5-8,13-15,17,30H,9-12,16H2,1-4H3,(H,28,33)(H,34,35);3*1H. The third-order valence-corrected chi connectivity index (χ3v) is 7.95. The average Bonchev–Trinajstić information content (AvgIpc) is 2.82. The molecule has 10 nitrogen and oxygen atoms in total. The van der Waals surface area contributed by atoms with Gasteiger partial charge in [-0.2, -0.15) is 0 Å². The maximum Gasteiger partial charge on any atom is 0.336 e. The normalized spacial score (nSPS) is 13.5. The van der Waals surface area contributed by atoms with Crippen LogP contribution in [0.4, 0.5) is 11.5 Å². The predicted octanol–water partition coefficient (Wildman–Crippen LogP) is 4.26. The van der Waals surface area contributed by atoms with Crippen LogP contribution in [0, 0.1) is 13.8 Å². The van der Waals surface area contributed by atoms with Crippen molar-refractivity contribution in [1.82, 2.24) is 15.2 Å². The highest BCUT2D eigenvalue weighted by atomic mass is 35.5. The number of hydrogen-bond acceptors (Lipinski definition) is 7. The van der Waals surface area contributed by atoms with Gasteiger partial charge in [-0.1, -0.05) is 17.7 Å². The van der Waals surface area contributed by atoms with E-state index < -0.39 is 16.0 Å². The summed E-state index contributed by atoms with van der Waals surface area (Å²) in [6, 6.07) is 11.4. The van der Waals surface area contributed by atoms with Gasteiger partial charge in [0.15, 0.2) is 0 Å². The van der Waals surface area contributed by atoms with Crippen molar-refractivity contribution in [2.75, 3.05) is 42.3 Å².